The third-order valence-corrected chi connectivity index (χ3v) is 5.41. The normalized spacial score (nSPS) is 14.4. The zero-order valence-corrected chi connectivity index (χ0v) is 17.0. The van der Waals surface area contributed by atoms with Gasteiger partial charge in [0.25, 0.3) is 5.91 Å². The Morgan fingerprint density at radius 2 is 1.80 bits per heavy atom. The van der Waals surface area contributed by atoms with E-state index in [1.54, 1.807) is 23.9 Å². The Balaban J connectivity index is 1.37. The first kappa shape index (κ1) is 19.9. The van der Waals surface area contributed by atoms with E-state index in [4.69, 9.17) is 0 Å². The van der Waals surface area contributed by atoms with Crippen LogP contribution in [-0.4, -0.2) is 31.4 Å². The van der Waals surface area contributed by atoms with Gasteiger partial charge in [-0.25, -0.2) is 0 Å². The number of carbonyl (C=O) groups is 2. The molecule has 0 bridgehead atoms. The third kappa shape index (κ3) is 4.76. The van der Waals surface area contributed by atoms with Crippen LogP contribution in [-0.2, 0) is 18.4 Å². The highest BCUT2D eigenvalue weighted by Crippen LogP contribution is 2.25. The summed E-state index contributed by atoms with van der Waals surface area (Å²) in [4.78, 5) is 25.1. The van der Waals surface area contributed by atoms with Crippen molar-refractivity contribution in [2.24, 2.45) is 13.0 Å². The predicted octanol–water partition coefficient (Wildman–Crippen LogP) is 3.44. The molecular weight excluding hydrogens is 380 g/mol. The van der Waals surface area contributed by atoms with Gasteiger partial charge in [0.2, 0.25) is 5.91 Å². The van der Waals surface area contributed by atoms with Crippen LogP contribution in [0.15, 0.2) is 48.7 Å². The standard InChI is InChI=1S/C22H26N6O2/c1-27-20(24-21(29)17-10-6-3-7-11-17)14-18(25-27)22(30)23-19-12-13-28(26-19)15-16-8-4-2-5-9-16/h2,4-5,8-9,12-14,17H,3,6-7,10-11,15H2,1H3,(H,24,29)(H,23,26,30). The van der Waals surface area contributed by atoms with E-state index in [1.165, 1.54) is 11.1 Å². The van der Waals surface area contributed by atoms with Crippen molar-refractivity contribution in [3.63, 3.8) is 0 Å². The fourth-order valence-corrected chi connectivity index (χ4v) is 3.76. The van der Waals surface area contributed by atoms with Crippen LogP contribution in [0.3, 0.4) is 0 Å². The van der Waals surface area contributed by atoms with Gasteiger partial charge in [0.15, 0.2) is 11.5 Å². The van der Waals surface area contributed by atoms with Crippen molar-refractivity contribution >= 4 is 23.5 Å². The lowest BCUT2D eigenvalue weighted by Crippen LogP contribution is -2.25. The lowest BCUT2D eigenvalue weighted by molar-refractivity contribution is -0.120. The summed E-state index contributed by atoms with van der Waals surface area (Å²) >= 11 is 0. The molecule has 1 saturated carbocycles. The smallest absolute Gasteiger partial charge is 0.277 e. The molecule has 1 aromatic carbocycles. The summed E-state index contributed by atoms with van der Waals surface area (Å²) in [5, 5.41) is 14.3. The number of rotatable bonds is 6. The molecule has 1 fully saturated rings. The van der Waals surface area contributed by atoms with Gasteiger partial charge < -0.3 is 10.6 Å². The van der Waals surface area contributed by atoms with E-state index in [-0.39, 0.29) is 23.4 Å². The number of nitrogens with one attached hydrogen (secondary N) is 2. The van der Waals surface area contributed by atoms with Gasteiger partial charge in [-0.05, 0) is 18.4 Å². The van der Waals surface area contributed by atoms with Crippen LogP contribution in [0.5, 0.6) is 0 Å². The topological polar surface area (TPSA) is 93.8 Å². The Morgan fingerprint density at radius 3 is 2.57 bits per heavy atom. The number of hydrogen-bond acceptors (Lipinski definition) is 4. The summed E-state index contributed by atoms with van der Waals surface area (Å²) in [6, 6.07) is 13.3. The largest absolute Gasteiger partial charge is 0.311 e. The Labute approximate surface area is 175 Å². The second-order valence-electron chi connectivity index (χ2n) is 7.70. The lowest BCUT2D eigenvalue weighted by Gasteiger charge is -2.20. The first-order chi connectivity index (χ1) is 14.6. The average molecular weight is 406 g/mol. The minimum Gasteiger partial charge on any atom is -0.311 e. The number of hydrogen-bond donors (Lipinski definition) is 2. The van der Waals surface area contributed by atoms with Gasteiger partial charge in [-0.1, -0.05) is 49.6 Å². The van der Waals surface area contributed by atoms with Gasteiger partial charge in [-0.3, -0.25) is 19.0 Å². The van der Waals surface area contributed by atoms with Gasteiger partial charge in [0, 0.05) is 31.3 Å². The minimum absolute atomic E-state index is 0.00399. The van der Waals surface area contributed by atoms with Crippen LogP contribution < -0.4 is 10.6 Å². The monoisotopic (exact) mass is 406 g/mol. The summed E-state index contributed by atoms with van der Waals surface area (Å²) in [6.07, 6.45) is 7.03. The Hall–Kier alpha value is -3.42. The Bertz CT molecular complexity index is 1020. The van der Waals surface area contributed by atoms with E-state index >= 15 is 0 Å². The van der Waals surface area contributed by atoms with Crippen molar-refractivity contribution in [3.8, 4) is 0 Å². The summed E-state index contributed by atoms with van der Waals surface area (Å²) in [6.45, 7) is 0.623. The quantitative estimate of drug-likeness (QED) is 0.656. The van der Waals surface area contributed by atoms with Crippen LogP contribution in [0.25, 0.3) is 0 Å². The molecule has 2 amide bonds. The molecule has 8 heteroatoms. The van der Waals surface area contributed by atoms with E-state index in [0.29, 0.717) is 18.2 Å². The van der Waals surface area contributed by atoms with Crippen LogP contribution in [0.2, 0.25) is 0 Å². The molecule has 0 atom stereocenters. The molecule has 30 heavy (non-hydrogen) atoms. The molecule has 0 unspecified atom stereocenters. The minimum atomic E-state index is -0.367. The number of aryl methyl sites for hydroxylation is 1. The summed E-state index contributed by atoms with van der Waals surface area (Å²) in [5.74, 6) is 0.650. The van der Waals surface area contributed by atoms with E-state index in [2.05, 4.69) is 20.8 Å². The third-order valence-electron chi connectivity index (χ3n) is 5.41. The second kappa shape index (κ2) is 8.94. The van der Waals surface area contributed by atoms with Crippen molar-refractivity contribution in [1.82, 2.24) is 19.6 Å². The fourth-order valence-electron chi connectivity index (χ4n) is 3.76. The maximum Gasteiger partial charge on any atom is 0.277 e. The van der Waals surface area contributed by atoms with E-state index < -0.39 is 0 Å². The molecule has 2 heterocycles. The van der Waals surface area contributed by atoms with Crippen molar-refractivity contribution in [2.75, 3.05) is 10.6 Å². The van der Waals surface area contributed by atoms with Crippen LogP contribution in [0, 0.1) is 5.92 Å². The molecule has 0 saturated heterocycles. The first-order valence-corrected chi connectivity index (χ1v) is 10.3. The molecule has 4 rings (SSSR count). The van der Waals surface area contributed by atoms with Crippen molar-refractivity contribution in [3.05, 3.63) is 59.9 Å². The molecule has 3 aromatic rings. The number of nitrogens with zero attached hydrogens (tertiary/aromatic N) is 4. The van der Waals surface area contributed by atoms with Crippen molar-refractivity contribution in [1.29, 1.82) is 0 Å². The fraction of sp³-hybridized carbons (Fsp3) is 0.364. The first-order valence-electron chi connectivity index (χ1n) is 10.3. The number of carbonyl (C=O) groups excluding carboxylic acids is 2. The molecule has 8 nitrogen and oxygen atoms in total. The highest BCUT2D eigenvalue weighted by atomic mass is 16.2. The molecule has 1 aliphatic rings. The molecule has 0 spiro atoms. The average Bonchev–Trinajstić information content (AvgIpc) is 3.35. The number of benzene rings is 1. The highest BCUT2D eigenvalue weighted by Gasteiger charge is 2.23. The molecular formula is C22H26N6O2. The predicted molar refractivity (Wildman–Crippen MR) is 114 cm³/mol. The summed E-state index contributed by atoms with van der Waals surface area (Å²) in [7, 11) is 1.71. The number of amides is 2. The SMILES string of the molecule is Cn1nc(C(=O)Nc2ccn(Cc3ccccc3)n2)cc1NC(=O)C1CCCCC1. The van der Waals surface area contributed by atoms with E-state index in [1.807, 2.05) is 36.5 Å². The maximum atomic E-state index is 12.6. The van der Waals surface area contributed by atoms with Gasteiger partial charge in [-0.15, -0.1) is 0 Å². The van der Waals surface area contributed by atoms with Crippen LogP contribution in [0.4, 0.5) is 11.6 Å². The summed E-state index contributed by atoms with van der Waals surface area (Å²) in [5.41, 5.74) is 1.36. The van der Waals surface area contributed by atoms with Gasteiger partial charge >= 0.3 is 0 Å². The number of aromatic nitrogens is 4. The van der Waals surface area contributed by atoms with Crippen LogP contribution >= 0.6 is 0 Å². The number of anilines is 2. The van der Waals surface area contributed by atoms with Crippen molar-refractivity contribution in [2.45, 2.75) is 38.6 Å². The highest BCUT2D eigenvalue weighted by molar-refractivity contribution is 6.03. The maximum absolute atomic E-state index is 12.6. The molecule has 2 N–H and O–H groups in total. The van der Waals surface area contributed by atoms with Gasteiger partial charge in [-0.2, -0.15) is 10.2 Å². The van der Waals surface area contributed by atoms with Crippen molar-refractivity contribution < 1.29 is 9.59 Å². The van der Waals surface area contributed by atoms with Crippen LogP contribution in [0.1, 0.15) is 48.2 Å². The molecule has 1 aliphatic carbocycles. The summed E-state index contributed by atoms with van der Waals surface area (Å²) < 4.78 is 3.28. The lowest BCUT2D eigenvalue weighted by atomic mass is 9.89. The molecule has 156 valence electrons. The van der Waals surface area contributed by atoms with Gasteiger partial charge in [0.05, 0.1) is 6.54 Å². The molecule has 0 radical (unpaired) electrons. The molecule has 0 aliphatic heterocycles. The Morgan fingerprint density at radius 1 is 1.03 bits per heavy atom. The van der Waals surface area contributed by atoms with E-state index in [9.17, 15) is 9.59 Å². The zero-order chi connectivity index (χ0) is 20.9. The zero-order valence-electron chi connectivity index (χ0n) is 17.0. The van der Waals surface area contributed by atoms with E-state index in [0.717, 1.165) is 31.2 Å². The van der Waals surface area contributed by atoms with Gasteiger partial charge in [0.1, 0.15) is 5.82 Å². The Kier molecular flexibility index (Phi) is 5.92. The molecule has 2 aromatic heterocycles. The second-order valence-corrected chi connectivity index (χ2v) is 7.70.